The number of ether oxygens (including phenoxy) is 2. The fourth-order valence-electron chi connectivity index (χ4n) is 5.70. The molecule has 4 heterocycles. The van der Waals surface area contributed by atoms with E-state index < -0.39 is 6.29 Å². The van der Waals surface area contributed by atoms with Gasteiger partial charge in [-0.25, -0.2) is 4.98 Å². The van der Waals surface area contributed by atoms with E-state index in [-0.39, 0.29) is 35.3 Å². The lowest BCUT2D eigenvalue weighted by Gasteiger charge is -2.26. The van der Waals surface area contributed by atoms with Crippen molar-refractivity contribution in [2.45, 2.75) is 44.4 Å². The number of benzene rings is 2. The van der Waals surface area contributed by atoms with Crippen LogP contribution in [0.1, 0.15) is 48.5 Å². The van der Waals surface area contributed by atoms with E-state index in [1.54, 1.807) is 45.9 Å². The molecular weight excluding hydrogens is 520 g/mol. The molecule has 3 aliphatic heterocycles. The molecule has 2 amide bonds. The second kappa shape index (κ2) is 10.9. The van der Waals surface area contributed by atoms with Crippen LogP contribution >= 0.6 is 0 Å². The first-order valence-corrected chi connectivity index (χ1v) is 13.7. The Bertz CT molecular complexity index is 1440. The summed E-state index contributed by atoms with van der Waals surface area (Å²) in [6.45, 7) is 3.74. The number of amides is 2. The van der Waals surface area contributed by atoms with Gasteiger partial charge in [-0.2, -0.15) is 0 Å². The number of carbonyl (C=O) groups is 2. The van der Waals surface area contributed by atoms with E-state index in [1.807, 2.05) is 12.1 Å². The standard InChI is InChI=1S/C29H31F2N5O4/c30-29(31)39-23-14-13-22-25(26(23)40-29)36(28(32-22)33-27(38)20-9-2-1-3-10-20)21-11-4-5-18-35(19-21)24(37)12-8-17-34-15-6-7-16-34/h1-3,8-10,12-14,21H,4-7,11,15-19H2,(H,32,33,38). The molecule has 11 heteroatoms. The number of nitrogens with one attached hydrogen (secondary N) is 1. The number of nitrogens with zero attached hydrogens (tertiary/aromatic N) is 4. The molecule has 1 N–H and O–H groups in total. The number of alkyl halides is 2. The summed E-state index contributed by atoms with van der Waals surface area (Å²) in [5.74, 6) is -0.529. The van der Waals surface area contributed by atoms with Gasteiger partial charge in [0.05, 0.1) is 11.6 Å². The summed E-state index contributed by atoms with van der Waals surface area (Å²) in [5.41, 5.74) is 1.09. The van der Waals surface area contributed by atoms with E-state index in [0.717, 1.165) is 32.5 Å². The molecule has 210 valence electrons. The van der Waals surface area contributed by atoms with E-state index in [0.29, 0.717) is 36.1 Å². The number of rotatable bonds is 6. The first kappa shape index (κ1) is 26.2. The van der Waals surface area contributed by atoms with Crippen molar-refractivity contribution in [3.05, 3.63) is 60.2 Å². The maximum absolute atomic E-state index is 14.1. The number of hydrogen-bond acceptors (Lipinski definition) is 6. The SMILES string of the molecule is O=C(Nc1nc2ccc3c(c2n1C1CCCCN(C(=O)C=CCN2CCCC2)C1)OC(F)(F)O3)c1ccccc1. The Morgan fingerprint density at radius 3 is 2.60 bits per heavy atom. The van der Waals surface area contributed by atoms with Crippen LogP contribution in [0.15, 0.2) is 54.6 Å². The quantitative estimate of drug-likeness (QED) is 0.442. The van der Waals surface area contributed by atoms with Crippen LogP contribution in [0.4, 0.5) is 14.7 Å². The highest BCUT2D eigenvalue weighted by Gasteiger charge is 2.45. The third kappa shape index (κ3) is 5.38. The number of anilines is 1. The Kier molecular flexibility index (Phi) is 7.14. The molecule has 3 aliphatic rings. The van der Waals surface area contributed by atoms with Gasteiger partial charge < -0.3 is 18.9 Å². The van der Waals surface area contributed by atoms with Crippen LogP contribution in [-0.2, 0) is 4.79 Å². The van der Waals surface area contributed by atoms with Gasteiger partial charge in [-0.15, -0.1) is 8.78 Å². The summed E-state index contributed by atoms with van der Waals surface area (Å²) in [7, 11) is 0. The smallest absolute Gasteiger partial charge is 0.395 e. The minimum atomic E-state index is -3.81. The van der Waals surface area contributed by atoms with Gasteiger partial charge in [-0.3, -0.25) is 19.8 Å². The Hall–Kier alpha value is -3.99. The van der Waals surface area contributed by atoms with Crippen molar-refractivity contribution in [2.24, 2.45) is 0 Å². The number of aromatic nitrogens is 2. The molecule has 2 saturated heterocycles. The van der Waals surface area contributed by atoms with Crippen LogP contribution in [0, 0.1) is 0 Å². The van der Waals surface area contributed by atoms with Crippen molar-refractivity contribution in [3.8, 4) is 11.5 Å². The van der Waals surface area contributed by atoms with Gasteiger partial charge in [0, 0.05) is 31.3 Å². The first-order chi connectivity index (χ1) is 19.4. The molecule has 0 spiro atoms. The number of carbonyl (C=O) groups excluding carboxylic acids is 2. The van der Waals surface area contributed by atoms with Gasteiger partial charge in [0.25, 0.3) is 5.91 Å². The average molecular weight is 552 g/mol. The zero-order chi connectivity index (χ0) is 27.7. The molecule has 2 fully saturated rings. The maximum Gasteiger partial charge on any atom is 0.586 e. The molecule has 0 radical (unpaired) electrons. The lowest BCUT2D eigenvalue weighted by Crippen LogP contribution is -2.35. The molecule has 1 unspecified atom stereocenters. The normalized spacial score (nSPS) is 20.8. The van der Waals surface area contributed by atoms with E-state index in [4.69, 9.17) is 9.47 Å². The summed E-state index contributed by atoms with van der Waals surface area (Å²) in [6.07, 6.45) is 4.35. The molecule has 3 aromatic rings. The molecule has 0 saturated carbocycles. The fourth-order valence-corrected chi connectivity index (χ4v) is 5.70. The van der Waals surface area contributed by atoms with Crippen molar-refractivity contribution in [2.75, 3.05) is 38.0 Å². The Labute approximate surface area is 230 Å². The van der Waals surface area contributed by atoms with E-state index >= 15 is 0 Å². The predicted octanol–water partition coefficient (Wildman–Crippen LogP) is 4.82. The molecule has 0 aliphatic carbocycles. The lowest BCUT2D eigenvalue weighted by atomic mass is 10.1. The first-order valence-electron chi connectivity index (χ1n) is 13.7. The average Bonchev–Trinajstić information content (AvgIpc) is 3.61. The van der Waals surface area contributed by atoms with Crippen LogP contribution in [0.3, 0.4) is 0 Å². The zero-order valence-electron chi connectivity index (χ0n) is 22.0. The van der Waals surface area contributed by atoms with Crippen LogP contribution < -0.4 is 14.8 Å². The molecule has 40 heavy (non-hydrogen) atoms. The van der Waals surface area contributed by atoms with E-state index in [2.05, 4.69) is 15.2 Å². The number of imidazole rings is 1. The van der Waals surface area contributed by atoms with Crippen LogP contribution in [0.25, 0.3) is 11.0 Å². The van der Waals surface area contributed by atoms with Crippen molar-refractivity contribution in [3.63, 3.8) is 0 Å². The Morgan fingerprint density at radius 2 is 1.80 bits per heavy atom. The third-order valence-electron chi connectivity index (χ3n) is 7.63. The summed E-state index contributed by atoms with van der Waals surface area (Å²) in [6, 6.07) is 11.3. The summed E-state index contributed by atoms with van der Waals surface area (Å²) < 4.78 is 39.6. The summed E-state index contributed by atoms with van der Waals surface area (Å²) in [5, 5.41) is 2.86. The van der Waals surface area contributed by atoms with Gasteiger partial charge in [0.15, 0.2) is 11.5 Å². The zero-order valence-corrected chi connectivity index (χ0v) is 22.0. The van der Waals surface area contributed by atoms with Gasteiger partial charge in [0.2, 0.25) is 11.9 Å². The molecule has 2 aromatic carbocycles. The van der Waals surface area contributed by atoms with Gasteiger partial charge in [-0.05, 0) is 69.5 Å². The fraction of sp³-hybridized carbons (Fsp3) is 0.414. The Balaban J connectivity index is 1.34. The number of halogens is 2. The highest BCUT2D eigenvalue weighted by Crippen LogP contribution is 2.47. The topological polar surface area (TPSA) is 88.9 Å². The lowest BCUT2D eigenvalue weighted by molar-refractivity contribution is -0.286. The predicted molar refractivity (Wildman–Crippen MR) is 145 cm³/mol. The minimum absolute atomic E-state index is 0.0956. The van der Waals surface area contributed by atoms with Gasteiger partial charge in [-0.1, -0.05) is 24.3 Å². The van der Waals surface area contributed by atoms with Crippen LogP contribution in [0.5, 0.6) is 11.5 Å². The third-order valence-corrected chi connectivity index (χ3v) is 7.63. The number of hydrogen-bond donors (Lipinski definition) is 1. The molecule has 9 nitrogen and oxygen atoms in total. The van der Waals surface area contributed by atoms with E-state index in [9.17, 15) is 18.4 Å². The monoisotopic (exact) mass is 551 g/mol. The second-order valence-corrected chi connectivity index (χ2v) is 10.4. The molecule has 1 atom stereocenters. The van der Waals surface area contributed by atoms with Gasteiger partial charge >= 0.3 is 6.29 Å². The number of fused-ring (bicyclic) bond motifs is 3. The van der Waals surface area contributed by atoms with Crippen molar-refractivity contribution in [1.29, 1.82) is 0 Å². The van der Waals surface area contributed by atoms with Crippen molar-refractivity contribution in [1.82, 2.24) is 19.4 Å². The second-order valence-electron chi connectivity index (χ2n) is 10.4. The van der Waals surface area contributed by atoms with Crippen molar-refractivity contribution >= 4 is 28.8 Å². The minimum Gasteiger partial charge on any atom is -0.395 e. The Morgan fingerprint density at radius 1 is 1.02 bits per heavy atom. The highest BCUT2D eigenvalue weighted by atomic mass is 19.3. The highest BCUT2D eigenvalue weighted by molar-refractivity contribution is 6.04. The molecule has 0 bridgehead atoms. The van der Waals surface area contributed by atoms with Crippen molar-refractivity contribution < 1.29 is 27.8 Å². The molecular formula is C29H31F2N5O4. The summed E-state index contributed by atoms with van der Waals surface area (Å²) in [4.78, 5) is 35.0. The largest absolute Gasteiger partial charge is 0.586 e. The number of likely N-dealkylation sites (tertiary alicyclic amines) is 2. The summed E-state index contributed by atoms with van der Waals surface area (Å²) >= 11 is 0. The van der Waals surface area contributed by atoms with Crippen LogP contribution in [0.2, 0.25) is 0 Å². The maximum atomic E-state index is 14.1. The van der Waals surface area contributed by atoms with Gasteiger partial charge in [0.1, 0.15) is 5.52 Å². The van der Waals surface area contributed by atoms with E-state index in [1.165, 1.54) is 18.9 Å². The van der Waals surface area contributed by atoms with Crippen LogP contribution in [-0.4, -0.2) is 70.2 Å². The molecule has 6 rings (SSSR count). The molecule has 1 aromatic heterocycles.